The van der Waals surface area contributed by atoms with Crippen LogP contribution < -0.4 is 0 Å². The van der Waals surface area contributed by atoms with E-state index in [0.29, 0.717) is 5.92 Å². The number of aryl methyl sites for hydroxylation is 1. The first-order chi connectivity index (χ1) is 7.54. The molecule has 0 aliphatic rings. The maximum atomic E-state index is 2.29. The molecule has 1 nitrogen and oxygen atoms in total. The highest BCUT2D eigenvalue weighted by molar-refractivity contribution is 5.85. The number of benzene rings is 1. The van der Waals surface area contributed by atoms with Crippen molar-refractivity contribution in [1.29, 1.82) is 0 Å². The monoisotopic (exact) mass is 253 g/mol. The van der Waals surface area contributed by atoms with Gasteiger partial charge in [0.25, 0.3) is 0 Å². The number of hydrogen-bond acceptors (Lipinski definition) is 1. The van der Waals surface area contributed by atoms with Crippen molar-refractivity contribution in [3.63, 3.8) is 0 Å². The summed E-state index contributed by atoms with van der Waals surface area (Å²) in [6.45, 7) is 7.66. The first-order valence-corrected chi connectivity index (χ1v) is 5.92. The maximum absolute atomic E-state index is 2.29. The van der Waals surface area contributed by atoms with E-state index in [1.54, 1.807) is 0 Å². The average molecular weight is 254 g/mol. The van der Waals surface area contributed by atoms with E-state index in [2.05, 4.69) is 70.1 Å². The second-order valence-electron chi connectivity index (χ2n) is 4.78. The largest absolute Gasteiger partial charge is 0.309 e. The van der Waals surface area contributed by atoms with Gasteiger partial charge in [0.15, 0.2) is 0 Å². The highest BCUT2D eigenvalue weighted by Crippen LogP contribution is 2.24. The number of allylic oxidation sites excluding steroid dienone is 1. The van der Waals surface area contributed by atoms with Crippen molar-refractivity contribution in [3.05, 3.63) is 41.5 Å². The SMILES string of the molecule is C/C=C(\c1cccc(C)c1)C(C)CN(C)C.Cl. The van der Waals surface area contributed by atoms with Gasteiger partial charge >= 0.3 is 0 Å². The molecular formula is C15H24ClN. The molecule has 0 N–H and O–H groups in total. The van der Waals surface area contributed by atoms with E-state index in [0.717, 1.165) is 6.54 Å². The molecule has 0 aromatic heterocycles. The van der Waals surface area contributed by atoms with E-state index in [1.807, 2.05) is 0 Å². The van der Waals surface area contributed by atoms with Crippen LogP contribution in [-0.4, -0.2) is 25.5 Å². The molecule has 0 fully saturated rings. The number of nitrogens with zero attached hydrogens (tertiary/aromatic N) is 1. The number of hydrogen-bond donors (Lipinski definition) is 0. The smallest absolute Gasteiger partial charge is 0.00416 e. The molecule has 1 rings (SSSR count). The summed E-state index contributed by atoms with van der Waals surface area (Å²) in [4.78, 5) is 2.24. The first kappa shape index (κ1) is 16.2. The lowest BCUT2D eigenvalue weighted by atomic mass is 9.92. The molecular weight excluding hydrogens is 230 g/mol. The highest BCUT2D eigenvalue weighted by atomic mass is 35.5. The fourth-order valence-electron chi connectivity index (χ4n) is 2.21. The number of halogens is 1. The van der Waals surface area contributed by atoms with Gasteiger partial charge in [0.1, 0.15) is 0 Å². The van der Waals surface area contributed by atoms with Crippen LogP contribution in [0.4, 0.5) is 0 Å². The van der Waals surface area contributed by atoms with Gasteiger partial charge in [-0.1, -0.05) is 42.8 Å². The van der Waals surface area contributed by atoms with Crippen LogP contribution in [0.5, 0.6) is 0 Å². The predicted octanol–water partition coefficient (Wildman–Crippen LogP) is 4.02. The maximum Gasteiger partial charge on any atom is 0.00416 e. The third-order valence-corrected chi connectivity index (χ3v) is 2.83. The van der Waals surface area contributed by atoms with Crippen molar-refractivity contribution >= 4 is 18.0 Å². The predicted molar refractivity (Wildman–Crippen MR) is 79.8 cm³/mol. The zero-order valence-electron chi connectivity index (χ0n) is 11.5. The first-order valence-electron chi connectivity index (χ1n) is 5.92. The molecule has 0 radical (unpaired) electrons. The Kier molecular flexibility index (Phi) is 7.17. The molecule has 0 aliphatic carbocycles. The summed E-state index contributed by atoms with van der Waals surface area (Å²) in [7, 11) is 4.25. The molecule has 1 aromatic carbocycles. The van der Waals surface area contributed by atoms with Gasteiger partial charge in [-0.25, -0.2) is 0 Å². The Morgan fingerprint density at radius 3 is 2.47 bits per heavy atom. The van der Waals surface area contributed by atoms with Crippen molar-refractivity contribution < 1.29 is 0 Å². The molecule has 17 heavy (non-hydrogen) atoms. The Bertz CT molecular complexity index is 369. The second kappa shape index (κ2) is 7.52. The van der Waals surface area contributed by atoms with Gasteiger partial charge in [-0.3, -0.25) is 0 Å². The Hall–Kier alpha value is -0.790. The lowest BCUT2D eigenvalue weighted by Gasteiger charge is -2.20. The van der Waals surface area contributed by atoms with E-state index < -0.39 is 0 Å². The van der Waals surface area contributed by atoms with Crippen molar-refractivity contribution in [1.82, 2.24) is 4.90 Å². The van der Waals surface area contributed by atoms with Gasteiger partial charge in [0, 0.05) is 6.54 Å². The molecule has 1 atom stereocenters. The molecule has 1 aromatic rings. The summed E-state index contributed by atoms with van der Waals surface area (Å²) in [5.74, 6) is 0.571. The molecule has 0 amide bonds. The van der Waals surface area contributed by atoms with Crippen LogP contribution >= 0.6 is 12.4 Å². The lowest BCUT2D eigenvalue weighted by molar-refractivity contribution is 0.376. The van der Waals surface area contributed by atoms with Gasteiger partial charge in [0.2, 0.25) is 0 Å². The highest BCUT2D eigenvalue weighted by Gasteiger charge is 2.11. The summed E-state index contributed by atoms with van der Waals surface area (Å²) in [5.41, 5.74) is 4.13. The third kappa shape index (κ3) is 4.93. The van der Waals surface area contributed by atoms with Crippen molar-refractivity contribution in [3.8, 4) is 0 Å². The molecule has 0 heterocycles. The summed E-state index contributed by atoms with van der Waals surface area (Å²) in [6.07, 6.45) is 2.24. The van der Waals surface area contributed by atoms with Gasteiger partial charge < -0.3 is 4.90 Å². The van der Waals surface area contributed by atoms with Gasteiger partial charge in [-0.2, -0.15) is 0 Å². The van der Waals surface area contributed by atoms with E-state index >= 15 is 0 Å². The fourth-order valence-corrected chi connectivity index (χ4v) is 2.21. The molecule has 2 heteroatoms. The van der Waals surface area contributed by atoms with Crippen LogP contribution in [-0.2, 0) is 0 Å². The third-order valence-electron chi connectivity index (χ3n) is 2.83. The molecule has 0 spiro atoms. The summed E-state index contributed by atoms with van der Waals surface area (Å²) < 4.78 is 0. The molecule has 0 bridgehead atoms. The van der Waals surface area contributed by atoms with Crippen molar-refractivity contribution in [2.24, 2.45) is 5.92 Å². The van der Waals surface area contributed by atoms with Crippen LogP contribution in [0, 0.1) is 12.8 Å². The molecule has 0 saturated heterocycles. The molecule has 1 unspecified atom stereocenters. The zero-order valence-corrected chi connectivity index (χ0v) is 12.3. The quantitative estimate of drug-likeness (QED) is 0.784. The summed E-state index contributed by atoms with van der Waals surface area (Å²) in [6, 6.07) is 8.75. The van der Waals surface area contributed by atoms with Gasteiger partial charge in [0.05, 0.1) is 0 Å². The van der Waals surface area contributed by atoms with E-state index in [4.69, 9.17) is 0 Å². The molecule has 96 valence electrons. The molecule has 0 aliphatic heterocycles. The van der Waals surface area contributed by atoms with Crippen LogP contribution in [0.25, 0.3) is 5.57 Å². The van der Waals surface area contributed by atoms with Crippen LogP contribution in [0.3, 0.4) is 0 Å². The minimum absolute atomic E-state index is 0. The normalized spacial score (nSPS) is 13.4. The topological polar surface area (TPSA) is 3.24 Å². The lowest BCUT2D eigenvalue weighted by Crippen LogP contribution is -2.20. The van der Waals surface area contributed by atoms with Gasteiger partial charge in [-0.15, -0.1) is 12.4 Å². The standard InChI is InChI=1S/C15H23N.ClH/c1-6-15(13(3)11-16(4)5)14-9-7-8-12(2)10-14;/h6-10,13H,11H2,1-5H3;1H/b15-6-;. The number of rotatable bonds is 4. The van der Waals surface area contributed by atoms with Crippen molar-refractivity contribution in [2.45, 2.75) is 20.8 Å². The molecule has 0 saturated carbocycles. The fraction of sp³-hybridized carbons (Fsp3) is 0.467. The summed E-state index contributed by atoms with van der Waals surface area (Å²) in [5, 5.41) is 0. The van der Waals surface area contributed by atoms with E-state index in [9.17, 15) is 0 Å². The second-order valence-corrected chi connectivity index (χ2v) is 4.78. The Labute approximate surface area is 112 Å². The Morgan fingerprint density at radius 1 is 1.35 bits per heavy atom. The van der Waals surface area contributed by atoms with Crippen LogP contribution in [0.1, 0.15) is 25.0 Å². The van der Waals surface area contributed by atoms with E-state index in [1.165, 1.54) is 16.7 Å². The Balaban J connectivity index is 0.00000256. The van der Waals surface area contributed by atoms with Crippen molar-refractivity contribution in [2.75, 3.05) is 20.6 Å². The van der Waals surface area contributed by atoms with E-state index in [-0.39, 0.29) is 12.4 Å². The van der Waals surface area contributed by atoms with Gasteiger partial charge in [-0.05, 0) is 45.0 Å². The Morgan fingerprint density at radius 2 is 2.00 bits per heavy atom. The zero-order chi connectivity index (χ0) is 12.1. The minimum Gasteiger partial charge on any atom is -0.309 e. The van der Waals surface area contributed by atoms with Crippen LogP contribution in [0.15, 0.2) is 30.3 Å². The minimum atomic E-state index is 0. The average Bonchev–Trinajstić information content (AvgIpc) is 2.17. The van der Waals surface area contributed by atoms with Crippen LogP contribution in [0.2, 0.25) is 0 Å². The summed E-state index contributed by atoms with van der Waals surface area (Å²) >= 11 is 0.